The number of rotatable bonds is 7. The molecule has 7 rings (SSSR count). The van der Waals surface area contributed by atoms with Crippen LogP contribution in [-0.2, 0) is 17.7 Å². The summed E-state index contributed by atoms with van der Waals surface area (Å²) in [5, 5.41) is 30.7. The second kappa shape index (κ2) is 11.1. The van der Waals surface area contributed by atoms with Gasteiger partial charge in [-0.3, -0.25) is 15.0 Å². The number of benzene rings is 2. The molecule has 1 saturated heterocycles. The zero-order valence-corrected chi connectivity index (χ0v) is 24.3. The number of nitrogens with zero attached hydrogens (tertiary/aromatic N) is 5. The fourth-order valence-corrected chi connectivity index (χ4v) is 7.08. The van der Waals surface area contributed by atoms with Gasteiger partial charge in [0, 0.05) is 41.4 Å². The Hall–Kier alpha value is -3.79. The zero-order chi connectivity index (χ0) is 28.8. The van der Waals surface area contributed by atoms with Crippen molar-refractivity contribution in [2.45, 2.75) is 25.0 Å². The number of fused-ring (bicyclic) bond motifs is 2. The third-order valence-corrected chi connectivity index (χ3v) is 9.37. The Morgan fingerprint density at radius 1 is 1.24 bits per heavy atom. The topological polar surface area (TPSA) is 115 Å². The molecule has 0 radical (unpaired) electrons. The SMILES string of the molecule is N#Cc1cnc2c(Cl)cc(NC(c3c[nH]nn3)c3csc4c3CCN(C3COC3)C4)cc2c1Nc1cccc(Cl)c1F. The average Bonchev–Trinajstić information content (AvgIpc) is 3.64. The van der Waals surface area contributed by atoms with E-state index in [0.29, 0.717) is 33.3 Å². The lowest BCUT2D eigenvalue weighted by Crippen LogP contribution is -2.50. The van der Waals surface area contributed by atoms with Gasteiger partial charge in [-0.1, -0.05) is 34.5 Å². The fourth-order valence-electron chi connectivity index (χ4n) is 5.49. The van der Waals surface area contributed by atoms with E-state index in [-0.39, 0.29) is 22.3 Å². The summed E-state index contributed by atoms with van der Waals surface area (Å²) in [6, 6.07) is 10.6. The molecule has 1 unspecified atom stereocenters. The highest BCUT2D eigenvalue weighted by Crippen LogP contribution is 2.40. The Balaban J connectivity index is 1.28. The molecular weight excluding hydrogens is 598 g/mol. The van der Waals surface area contributed by atoms with Crippen molar-refractivity contribution >= 4 is 62.5 Å². The van der Waals surface area contributed by atoms with Crippen molar-refractivity contribution in [2.24, 2.45) is 0 Å². The number of nitriles is 1. The molecule has 3 N–H and O–H groups in total. The van der Waals surface area contributed by atoms with Gasteiger partial charge >= 0.3 is 0 Å². The van der Waals surface area contributed by atoms with Crippen LogP contribution in [0.25, 0.3) is 10.9 Å². The molecule has 2 aromatic carbocycles. The highest BCUT2D eigenvalue weighted by atomic mass is 35.5. The van der Waals surface area contributed by atoms with E-state index in [1.807, 2.05) is 6.07 Å². The van der Waals surface area contributed by atoms with Gasteiger partial charge in [0.2, 0.25) is 0 Å². The van der Waals surface area contributed by atoms with Crippen molar-refractivity contribution in [1.29, 1.82) is 5.26 Å². The van der Waals surface area contributed by atoms with Crippen molar-refractivity contribution in [3.63, 3.8) is 0 Å². The molecule has 0 saturated carbocycles. The number of nitrogens with one attached hydrogen (secondary N) is 3. The third-order valence-electron chi connectivity index (χ3n) is 7.76. The van der Waals surface area contributed by atoms with Gasteiger partial charge in [0.25, 0.3) is 0 Å². The first-order valence-electron chi connectivity index (χ1n) is 13.3. The Morgan fingerprint density at radius 2 is 2.12 bits per heavy atom. The monoisotopic (exact) mass is 620 g/mol. The van der Waals surface area contributed by atoms with Crippen LogP contribution in [0.2, 0.25) is 10.0 Å². The molecule has 0 spiro atoms. The van der Waals surface area contributed by atoms with Gasteiger partial charge in [0.05, 0.1) is 57.8 Å². The number of thiophene rings is 1. The molecule has 0 amide bonds. The number of pyridine rings is 1. The molecule has 1 fully saturated rings. The first-order valence-corrected chi connectivity index (χ1v) is 14.9. The van der Waals surface area contributed by atoms with E-state index in [2.05, 4.69) is 47.4 Å². The van der Waals surface area contributed by atoms with Crippen molar-refractivity contribution in [2.75, 3.05) is 30.4 Å². The number of halogens is 3. The molecule has 5 aromatic rings. The van der Waals surface area contributed by atoms with Crippen molar-refractivity contribution in [3.05, 3.63) is 91.2 Å². The molecule has 5 heterocycles. The van der Waals surface area contributed by atoms with Crippen LogP contribution >= 0.6 is 34.5 Å². The van der Waals surface area contributed by atoms with Crippen molar-refractivity contribution < 1.29 is 9.13 Å². The van der Waals surface area contributed by atoms with E-state index < -0.39 is 5.82 Å². The Labute approximate surface area is 254 Å². The lowest BCUT2D eigenvalue weighted by Gasteiger charge is -2.39. The Bertz CT molecular complexity index is 1840. The van der Waals surface area contributed by atoms with E-state index in [9.17, 15) is 9.65 Å². The number of hydrogen-bond acceptors (Lipinski definition) is 9. The van der Waals surface area contributed by atoms with Crippen molar-refractivity contribution in [1.82, 2.24) is 25.3 Å². The number of anilines is 3. The van der Waals surface area contributed by atoms with E-state index in [0.717, 1.165) is 44.0 Å². The van der Waals surface area contributed by atoms with Crippen LogP contribution in [-0.4, -0.2) is 51.1 Å². The zero-order valence-electron chi connectivity index (χ0n) is 22.0. The summed E-state index contributed by atoms with van der Waals surface area (Å²) in [6.07, 6.45) is 4.12. The highest BCUT2D eigenvalue weighted by Gasteiger charge is 2.32. The molecule has 42 heavy (non-hydrogen) atoms. The smallest absolute Gasteiger partial charge is 0.165 e. The lowest BCUT2D eigenvalue weighted by atomic mass is 9.95. The molecule has 13 heteroatoms. The van der Waals surface area contributed by atoms with Gasteiger partial charge in [-0.25, -0.2) is 4.39 Å². The fraction of sp³-hybridized carbons (Fsp3) is 0.241. The first kappa shape index (κ1) is 27.1. The predicted molar refractivity (Wildman–Crippen MR) is 161 cm³/mol. The van der Waals surface area contributed by atoms with Gasteiger partial charge in [-0.05, 0) is 47.2 Å². The number of ether oxygens (including phenoxy) is 1. The maximum atomic E-state index is 14.8. The van der Waals surface area contributed by atoms with Crippen LogP contribution < -0.4 is 10.6 Å². The summed E-state index contributed by atoms with van der Waals surface area (Å²) >= 11 is 14.5. The standard InChI is InChI=1S/C29H23Cl2FN8OS/c30-21-2-1-3-23(26(21)32)37-27-15(8-33)9-34-28-19(27)6-16(7-22(28)31)36-29(24-10-35-39-38-24)20-14-42-25-11-40(5-4-18(20)25)17-12-41-13-17/h1-3,6-7,9-10,14,17,29,36H,4-5,11-13H2,(H,34,37)(H,35,38,39). The molecule has 0 aliphatic carbocycles. The van der Waals surface area contributed by atoms with Crippen LogP contribution in [0.1, 0.15) is 33.3 Å². The van der Waals surface area contributed by atoms with Crippen LogP contribution in [0.3, 0.4) is 0 Å². The van der Waals surface area contributed by atoms with Gasteiger partial charge in [0.1, 0.15) is 11.8 Å². The summed E-state index contributed by atoms with van der Waals surface area (Å²) in [7, 11) is 0. The maximum Gasteiger partial charge on any atom is 0.165 e. The minimum Gasteiger partial charge on any atom is -0.378 e. The summed E-state index contributed by atoms with van der Waals surface area (Å²) in [4.78, 5) is 8.25. The molecule has 1 atom stereocenters. The average molecular weight is 622 g/mol. The van der Waals surface area contributed by atoms with Crippen LogP contribution in [0.15, 0.2) is 48.1 Å². The highest BCUT2D eigenvalue weighted by molar-refractivity contribution is 7.10. The second-order valence-electron chi connectivity index (χ2n) is 10.2. The largest absolute Gasteiger partial charge is 0.378 e. The second-order valence-corrected chi connectivity index (χ2v) is 12.0. The molecule has 212 valence electrons. The van der Waals surface area contributed by atoms with Gasteiger partial charge < -0.3 is 15.4 Å². The number of aromatic amines is 1. The Kier molecular flexibility index (Phi) is 7.17. The quantitative estimate of drug-likeness (QED) is 0.191. The summed E-state index contributed by atoms with van der Waals surface area (Å²) in [6.45, 7) is 3.46. The van der Waals surface area contributed by atoms with Gasteiger partial charge in [-0.15, -0.1) is 16.4 Å². The van der Waals surface area contributed by atoms with E-state index in [4.69, 9.17) is 27.9 Å². The third kappa shape index (κ3) is 4.85. The molecule has 0 bridgehead atoms. The minimum absolute atomic E-state index is 0.0315. The Morgan fingerprint density at radius 3 is 2.88 bits per heavy atom. The number of H-pyrrole nitrogens is 1. The van der Waals surface area contributed by atoms with Gasteiger partial charge in [-0.2, -0.15) is 5.26 Å². The van der Waals surface area contributed by atoms with Crippen LogP contribution in [0, 0.1) is 17.1 Å². The summed E-state index contributed by atoms with van der Waals surface area (Å²) in [5.74, 6) is -0.620. The van der Waals surface area contributed by atoms with Crippen LogP contribution in [0.5, 0.6) is 0 Å². The number of hydrogen-bond donors (Lipinski definition) is 3. The molecule has 3 aromatic heterocycles. The normalized spacial score (nSPS) is 16.0. The maximum absolute atomic E-state index is 14.8. The summed E-state index contributed by atoms with van der Waals surface area (Å²) in [5.41, 5.74) is 5.06. The molecule has 9 nitrogen and oxygen atoms in total. The number of aromatic nitrogens is 4. The molecular formula is C29H23Cl2FN8OS. The summed E-state index contributed by atoms with van der Waals surface area (Å²) < 4.78 is 20.3. The molecule has 2 aliphatic rings. The van der Waals surface area contributed by atoms with Crippen molar-refractivity contribution in [3.8, 4) is 6.07 Å². The first-order chi connectivity index (χ1) is 20.5. The predicted octanol–water partition coefficient (Wildman–Crippen LogP) is 6.43. The minimum atomic E-state index is -0.620. The van der Waals surface area contributed by atoms with E-state index >= 15 is 0 Å². The van der Waals surface area contributed by atoms with E-state index in [1.165, 1.54) is 22.7 Å². The lowest BCUT2D eigenvalue weighted by molar-refractivity contribution is -0.0691. The molecule has 2 aliphatic heterocycles. The van der Waals surface area contributed by atoms with Crippen LogP contribution in [0.4, 0.5) is 21.5 Å². The van der Waals surface area contributed by atoms with Gasteiger partial charge in [0.15, 0.2) is 5.82 Å². The van der Waals surface area contributed by atoms with E-state index in [1.54, 1.807) is 35.7 Å².